The highest BCUT2D eigenvalue weighted by Crippen LogP contribution is 2.21. The first-order valence-electron chi connectivity index (χ1n) is 7.48. The summed E-state index contributed by atoms with van der Waals surface area (Å²) in [5, 5.41) is 0.727. The van der Waals surface area contributed by atoms with E-state index in [1.807, 2.05) is 29.2 Å². The van der Waals surface area contributed by atoms with E-state index in [0.717, 1.165) is 23.8 Å². The number of methoxy groups -OCH3 is 1. The minimum absolute atomic E-state index is 0.0850. The summed E-state index contributed by atoms with van der Waals surface area (Å²) < 4.78 is 5.23. The monoisotopic (exact) mass is 331 g/mol. The molecule has 0 spiro atoms. The lowest BCUT2D eigenvalue weighted by molar-refractivity contribution is 0.0737. The Bertz CT molecular complexity index is 682. The van der Waals surface area contributed by atoms with Crippen molar-refractivity contribution in [3.8, 4) is 5.75 Å². The summed E-state index contributed by atoms with van der Waals surface area (Å²) >= 11 is 5.92. The van der Waals surface area contributed by atoms with Gasteiger partial charge in [-0.15, -0.1) is 0 Å². The third-order valence-electron chi connectivity index (χ3n) is 3.95. The number of piperazine rings is 1. The first-order chi connectivity index (χ1) is 11.2. The minimum Gasteiger partial charge on any atom is -0.494 e. The Labute approximate surface area is 140 Å². The van der Waals surface area contributed by atoms with Crippen molar-refractivity contribution < 1.29 is 9.53 Å². The first kappa shape index (κ1) is 15.6. The number of anilines is 1. The lowest BCUT2D eigenvalue weighted by atomic mass is 10.2. The lowest BCUT2D eigenvalue weighted by Crippen LogP contribution is -2.49. The largest absolute Gasteiger partial charge is 0.494 e. The van der Waals surface area contributed by atoms with Crippen LogP contribution in [0.25, 0.3) is 0 Å². The van der Waals surface area contributed by atoms with Gasteiger partial charge in [0.2, 0.25) is 0 Å². The van der Waals surface area contributed by atoms with Crippen LogP contribution < -0.4 is 9.64 Å². The highest BCUT2D eigenvalue weighted by Gasteiger charge is 2.25. The molecule has 0 bridgehead atoms. The summed E-state index contributed by atoms with van der Waals surface area (Å²) in [5.74, 6) is 0.427. The molecule has 23 heavy (non-hydrogen) atoms. The third-order valence-corrected chi connectivity index (χ3v) is 4.20. The van der Waals surface area contributed by atoms with Crippen LogP contribution in [0.5, 0.6) is 5.75 Å². The molecule has 1 amide bonds. The summed E-state index contributed by atoms with van der Waals surface area (Å²) in [7, 11) is 1.55. The van der Waals surface area contributed by atoms with Crippen molar-refractivity contribution in [1.82, 2.24) is 9.88 Å². The van der Waals surface area contributed by atoms with Gasteiger partial charge in [0, 0.05) is 43.1 Å². The van der Waals surface area contributed by atoms with Gasteiger partial charge in [0.1, 0.15) is 5.75 Å². The van der Waals surface area contributed by atoms with Crippen LogP contribution >= 0.6 is 11.6 Å². The van der Waals surface area contributed by atoms with Crippen LogP contribution in [-0.4, -0.2) is 49.1 Å². The molecule has 0 atom stereocenters. The van der Waals surface area contributed by atoms with Gasteiger partial charge in [0.15, 0.2) is 5.69 Å². The number of rotatable bonds is 3. The van der Waals surface area contributed by atoms with Crippen LogP contribution in [0.4, 0.5) is 5.69 Å². The number of benzene rings is 1. The number of nitrogens with zero attached hydrogens (tertiary/aromatic N) is 3. The smallest absolute Gasteiger partial charge is 0.276 e. The number of hydrogen-bond acceptors (Lipinski definition) is 4. The molecule has 0 N–H and O–H groups in total. The molecule has 0 unspecified atom stereocenters. The number of pyridine rings is 1. The standard InChI is InChI=1S/C17H18ClN3O2/c1-23-15-3-2-8-19-16(15)17(22)21-11-9-20(10-12-21)14-6-4-13(18)5-7-14/h2-8H,9-12H2,1H3. The van der Waals surface area contributed by atoms with Gasteiger partial charge < -0.3 is 14.5 Å². The molecule has 5 nitrogen and oxygen atoms in total. The topological polar surface area (TPSA) is 45.7 Å². The second-order valence-electron chi connectivity index (χ2n) is 5.31. The molecule has 1 fully saturated rings. The quantitative estimate of drug-likeness (QED) is 0.867. The molecule has 2 aromatic rings. The molecule has 2 heterocycles. The Morgan fingerprint density at radius 1 is 1.13 bits per heavy atom. The molecule has 1 aliphatic heterocycles. The van der Waals surface area contributed by atoms with Gasteiger partial charge in [-0.25, -0.2) is 4.98 Å². The molecule has 1 aromatic carbocycles. The van der Waals surface area contributed by atoms with Crippen molar-refractivity contribution in [2.45, 2.75) is 0 Å². The van der Waals surface area contributed by atoms with Crippen LogP contribution in [0.1, 0.15) is 10.5 Å². The summed E-state index contributed by atoms with van der Waals surface area (Å²) in [6.07, 6.45) is 1.61. The summed E-state index contributed by atoms with van der Waals surface area (Å²) in [4.78, 5) is 20.8. The van der Waals surface area contributed by atoms with Crippen LogP contribution in [0.3, 0.4) is 0 Å². The molecular formula is C17H18ClN3O2. The van der Waals surface area contributed by atoms with Crippen molar-refractivity contribution in [2.24, 2.45) is 0 Å². The number of amides is 1. The Morgan fingerprint density at radius 3 is 2.48 bits per heavy atom. The van der Waals surface area contributed by atoms with E-state index in [-0.39, 0.29) is 5.91 Å². The maximum absolute atomic E-state index is 12.6. The SMILES string of the molecule is COc1cccnc1C(=O)N1CCN(c2ccc(Cl)cc2)CC1. The van der Waals surface area contributed by atoms with Crippen molar-refractivity contribution in [1.29, 1.82) is 0 Å². The number of aromatic nitrogens is 1. The predicted octanol–water partition coefficient (Wildman–Crippen LogP) is 2.71. The average Bonchev–Trinajstić information content (AvgIpc) is 2.62. The molecule has 0 radical (unpaired) electrons. The van der Waals surface area contributed by atoms with E-state index in [4.69, 9.17) is 16.3 Å². The molecular weight excluding hydrogens is 314 g/mol. The van der Waals surface area contributed by atoms with Gasteiger partial charge in [-0.3, -0.25) is 4.79 Å². The number of carbonyl (C=O) groups excluding carboxylic acids is 1. The van der Waals surface area contributed by atoms with E-state index < -0.39 is 0 Å². The Kier molecular flexibility index (Phi) is 4.67. The average molecular weight is 332 g/mol. The second-order valence-corrected chi connectivity index (χ2v) is 5.75. The molecule has 1 saturated heterocycles. The van der Waals surface area contributed by atoms with Crippen molar-refractivity contribution >= 4 is 23.2 Å². The molecule has 0 saturated carbocycles. The third kappa shape index (κ3) is 3.40. The number of carbonyl (C=O) groups is 1. The van der Waals surface area contributed by atoms with Gasteiger partial charge in [-0.05, 0) is 36.4 Å². The van der Waals surface area contributed by atoms with Gasteiger partial charge in [0.25, 0.3) is 5.91 Å². The maximum atomic E-state index is 12.6. The van der Waals surface area contributed by atoms with Crippen LogP contribution in [0.15, 0.2) is 42.6 Å². The van der Waals surface area contributed by atoms with Crippen molar-refractivity contribution in [3.05, 3.63) is 53.3 Å². The lowest BCUT2D eigenvalue weighted by Gasteiger charge is -2.36. The summed E-state index contributed by atoms with van der Waals surface area (Å²) in [6.45, 7) is 2.87. The fraction of sp³-hybridized carbons (Fsp3) is 0.294. The number of halogens is 1. The fourth-order valence-corrected chi connectivity index (χ4v) is 2.81. The molecule has 6 heteroatoms. The van der Waals surface area contributed by atoms with Gasteiger partial charge >= 0.3 is 0 Å². The Balaban J connectivity index is 1.66. The van der Waals surface area contributed by atoms with E-state index >= 15 is 0 Å². The van der Waals surface area contributed by atoms with Crippen LogP contribution in [0, 0.1) is 0 Å². The van der Waals surface area contributed by atoms with Crippen molar-refractivity contribution in [2.75, 3.05) is 38.2 Å². The molecule has 1 aliphatic rings. The molecule has 0 aliphatic carbocycles. The molecule has 120 valence electrons. The second kappa shape index (κ2) is 6.87. The predicted molar refractivity (Wildman–Crippen MR) is 90.4 cm³/mol. The van der Waals surface area contributed by atoms with Gasteiger partial charge in [-0.2, -0.15) is 0 Å². The molecule has 3 rings (SSSR count). The van der Waals surface area contributed by atoms with Gasteiger partial charge in [-0.1, -0.05) is 11.6 Å². The fourth-order valence-electron chi connectivity index (χ4n) is 2.69. The minimum atomic E-state index is -0.0850. The summed E-state index contributed by atoms with van der Waals surface area (Å²) in [6, 6.07) is 11.3. The van der Waals surface area contributed by atoms with E-state index in [2.05, 4.69) is 9.88 Å². The number of hydrogen-bond donors (Lipinski definition) is 0. The first-order valence-corrected chi connectivity index (χ1v) is 7.85. The Morgan fingerprint density at radius 2 is 1.83 bits per heavy atom. The molecule has 1 aromatic heterocycles. The number of ether oxygens (including phenoxy) is 1. The zero-order valence-corrected chi connectivity index (χ0v) is 13.7. The highest BCUT2D eigenvalue weighted by atomic mass is 35.5. The van der Waals surface area contributed by atoms with E-state index in [9.17, 15) is 4.79 Å². The Hall–Kier alpha value is -2.27. The van der Waals surface area contributed by atoms with E-state index in [0.29, 0.717) is 24.5 Å². The van der Waals surface area contributed by atoms with Crippen LogP contribution in [0.2, 0.25) is 5.02 Å². The van der Waals surface area contributed by atoms with E-state index in [1.165, 1.54) is 0 Å². The van der Waals surface area contributed by atoms with E-state index in [1.54, 1.807) is 25.4 Å². The van der Waals surface area contributed by atoms with Crippen LogP contribution in [-0.2, 0) is 0 Å². The maximum Gasteiger partial charge on any atom is 0.276 e. The normalized spacial score (nSPS) is 14.7. The zero-order chi connectivity index (χ0) is 16.2. The summed E-state index contributed by atoms with van der Waals surface area (Å²) in [5.41, 5.74) is 1.49. The zero-order valence-electron chi connectivity index (χ0n) is 12.9. The van der Waals surface area contributed by atoms with Crippen molar-refractivity contribution in [3.63, 3.8) is 0 Å². The van der Waals surface area contributed by atoms with Gasteiger partial charge in [0.05, 0.1) is 7.11 Å². The highest BCUT2D eigenvalue weighted by molar-refractivity contribution is 6.30.